The number of carbonyl (C=O) groups excluding carboxylic acids is 3. The summed E-state index contributed by atoms with van der Waals surface area (Å²) in [5.74, 6) is 0.0490. The monoisotopic (exact) mass is 554 g/mol. The molecule has 1 N–H and O–H groups in total. The van der Waals surface area contributed by atoms with E-state index in [4.69, 9.17) is 13.9 Å². The van der Waals surface area contributed by atoms with E-state index in [2.05, 4.69) is 26.0 Å². The predicted octanol–water partition coefficient (Wildman–Crippen LogP) is 4.82. The number of hydrogen-bond donors (Lipinski definition) is 1. The number of nitrogens with one attached hydrogen (secondary N) is 1. The molecule has 3 amide bonds. The molecule has 0 unspecified atom stereocenters. The van der Waals surface area contributed by atoms with E-state index in [9.17, 15) is 14.4 Å². The zero-order valence-corrected chi connectivity index (χ0v) is 21.4. The number of hydrogen-bond acceptors (Lipinski definition) is 7. The van der Waals surface area contributed by atoms with Gasteiger partial charge in [0.2, 0.25) is 5.76 Å². The molecule has 1 aromatic heterocycles. The van der Waals surface area contributed by atoms with Crippen molar-refractivity contribution in [1.29, 1.82) is 0 Å². The van der Waals surface area contributed by atoms with Gasteiger partial charge in [0.05, 0.1) is 20.8 Å². The van der Waals surface area contributed by atoms with E-state index >= 15 is 0 Å². The van der Waals surface area contributed by atoms with E-state index in [-0.39, 0.29) is 23.8 Å². The van der Waals surface area contributed by atoms with E-state index in [0.717, 1.165) is 16.0 Å². The van der Waals surface area contributed by atoms with Crippen molar-refractivity contribution in [3.63, 3.8) is 0 Å². The molecule has 1 fully saturated rings. The van der Waals surface area contributed by atoms with Crippen LogP contribution in [0.5, 0.6) is 11.5 Å². The number of methoxy groups -OCH3 is 2. The highest BCUT2D eigenvalue weighted by atomic mass is 79.9. The first-order chi connectivity index (χ1) is 17.3. The highest BCUT2D eigenvalue weighted by Crippen LogP contribution is 2.35. The molecular weight excluding hydrogens is 532 g/mol. The topological polar surface area (TPSA) is 107 Å². The number of amides is 3. The molecule has 186 valence electrons. The van der Waals surface area contributed by atoms with Crippen LogP contribution in [-0.4, -0.2) is 37.0 Å². The first-order valence-corrected chi connectivity index (χ1v) is 11.7. The molecule has 0 bridgehead atoms. The standard InChI is InChI=1S/C26H23BrN2O7/c1-15-5-4-6-16(9-15)14-35-23-12-19(27)17(11-22(23)33-2)10-20-24(30)29(26(32)28-20)13-18-7-8-21(36-18)25(31)34-3/h4-12H,13-14H2,1-3H3,(H,28,32)/b20-10-. The van der Waals surface area contributed by atoms with E-state index in [1.807, 2.05) is 31.2 Å². The van der Waals surface area contributed by atoms with Gasteiger partial charge in [-0.15, -0.1) is 0 Å². The van der Waals surface area contributed by atoms with Crippen molar-refractivity contribution in [1.82, 2.24) is 10.2 Å². The zero-order valence-electron chi connectivity index (χ0n) is 19.8. The van der Waals surface area contributed by atoms with Crippen LogP contribution < -0.4 is 14.8 Å². The molecule has 2 heterocycles. The van der Waals surface area contributed by atoms with Gasteiger partial charge in [0.1, 0.15) is 18.1 Å². The van der Waals surface area contributed by atoms with E-state index in [0.29, 0.717) is 28.1 Å². The third-order valence-electron chi connectivity index (χ3n) is 5.38. The molecule has 10 heteroatoms. The molecule has 0 atom stereocenters. The lowest BCUT2D eigenvalue weighted by molar-refractivity contribution is -0.123. The first-order valence-electron chi connectivity index (χ1n) is 10.9. The number of esters is 1. The Hall–Kier alpha value is -4.05. The van der Waals surface area contributed by atoms with Gasteiger partial charge in [-0.3, -0.25) is 9.69 Å². The largest absolute Gasteiger partial charge is 0.493 e. The summed E-state index contributed by atoms with van der Waals surface area (Å²) in [5.41, 5.74) is 2.84. The number of urea groups is 1. The molecule has 1 aliphatic heterocycles. The summed E-state index contributed by atoms with van der Waals surface area (Å²) in [7, 11) is 2.75. The molecular formula is C26H23BrN2O7. The van der Waals surface area contributed by atoms with Crippen molar-refractivity contribution in [2.75, 3.05) is 14.2 Å². The Labute approximate surface area is 215 Å². The van der Waals surface area contributed by atoms with Gasteiger partial charge in [0, 0.05) is 4.47 Å². The highest BCUT2D eigenvalue weighted by molar-refractivity contribution is 9.10. The summed E-state index contributed by atoms with van der Waals surface area (Å²) < 4.78 is 22.1. The molecule has 36 heavy (non-hydrogen) atoms. The fraction of sp³-hybridized carbons (Fsp3) is 0.192. The second kappa shape index (κ2) is 10.7. The maximum absolute atomic E-state index is 12.9. The first kappa shape index (κ1) is 25.1. The SMILES string of the molecule is COC(=O)c1ccc(CN2C(=O)N/C(=C\c3cc(OC)c(OCc4cccc(C)c4)cc3Br)C2=O)o1. The molecule has 2 aromatic carbocycles. The predicted molar refractivity (Wildman–Crippen MR) is 133 cm³/mol. The van der Waals surface area contributed by atoms with Crippen molar-refractivity contribution in [2.45, 2.75) is 20.1 Å². The van der Waals surface area contributed by atoms with Crippen molar-refractivity contribution < 1.29 is 33.0 Å². The van der Waals surface area contributed by atoms with Gasteiger partial charge in [-0.05, 0) is 48.4 Å². The minimum absolute atomic E-state index is 0.0175. The van der Waals surface area contributed by atoms with Crippen molar-refractivity contribution in [3.05, 3.63) is 86.9 Å². The number of imide groups is 1. The Bertz CT molecular complexity index is 1360. The van der Waals surface area contributed by atoms with Crippen LogP contribution in [0.1, 0.15) is 33.0 Å². The number of nitrogens with zero attached hydrogens (tertiary/aromatic N) is 1. The molecule has 0 aliphatic carbocycles. The number of aryl methyl sites for hydroxylation is 1. The molecule has 9 nitrogen and oxygen atoms in total. The lowest BCUT2D eigenvalue weighted by Gasteiger charge is -2.13. The Balaban J connectivity index is 1.51. The van der Waals surface area contributed by atoms with Crippen LogP contribution in [0.3, 0.4) is 0 Å². The van der Waals surface area contributed by atoms with Gasteiger partial charge in [-0.25, -0.2) is 9.59 Å². The van der Waals surface area contributed by atoms with Crippen molar-refractivity contribution in [2.24, 2.45) is 0 Å². The Morgan fingerprint density at radius 1 is 1.11 bits per heavy atom. The van der Waals surface area contributed by atoms with Gasteiger partial charge in [-0.2, -0.15) is 0 Å². The number of ether oxygens (including phenoxy) is 3. The van der Waals surface area contributed by atoms with Gasteiger partial charge in [-0.1, -0.05) is 45.8 Å². The van der Waals surface area contributed by atoms with Crippen LogP contribution in [0.25, 0.3) is 6.08 Å². The fourth-order valence-corrected chi connectivity index (χ4v) is 4.03. The number of halogens is 1. The van der Waals surface area contributed by atoms with Gasteiger partial charge in [0.15, 0.2) is 11.5 Å². The second-order valence-electron chi connectivity index (χ2n) is 7.94. The molecule has 0 saturated carbocycles. The van der Waals surface area contributed by atoms with E-state index in [1.165, 1.54) is 26.4 Å². The van der Waals surface area contributed by atoms with Gasteiger partial charge >= 0.3 is 12.0 Å². The van der Waals surface area contributed by atoms with Gasteiger partial charge in [0.25, 0.3) is 5.91 Å². The summed E-state index contributed by atoms with van der Waals surface area (Å²) in [6.07, 6.45) is 1.54. The minimum atomic E-state index is -0.649. The molecule has 0 radical (unpaired) electrons. The Kier molecular flexibility index (Phi) is 7.44. The summed E-state index contributed by atoms with van der Waals surface area (Å²) >= 11 is 3.51. The maximum atomic E-state index is 12.9. The number of furan rings is 1. The third kappa shape index (κ3) is 5.44. The molecule has 3 aromatic rings. The van der Waals surface area contributed by atoms with Crippen LogP contribution in [0.15, 0.2) is 63.1 Å². The van der Waals surface area contributed by atoms with Crippen LogP contribution in [0.4, 0.5) is 4.79 Å². The molecule has 1 aliphatic rings. The Morgan fingerprint density at radius 3 is 2.64 bits per heavy atom. The van der Waals surface area contributed by atoms with Crippen LogP contribution in [-0.2, 0) is 22.7 Å². The van der Waals surface area contributed by atoms with Gasteiger partial charge < -0.3 is 23.9 Å². The summed E-state index contributed by atoms with van der Waals surface area (Å²) in [5, 5.41) is 2.57. The fourth-order valence-electron chi connectivity index (χ4n) is 3.60. The maximum Gasteiger partial charge on any atom is 0.373 e. The number of benzene rings is 2. The lowest BCUT2D eigenvalue weighted by Crippen LogP contribution is -2.30. The minimum Gasteiger partial charge on any atom is -0.493 e. The quantitative estimate of drug-likeness (QED) is 0.241. The third-order valence-corrected chi connectivity index (χ3v) is 6.07. The van der Waals surface area contributed by atoms with Crippen LogP contribution in [0, 0.1) is 6.92 Å². The van der Waals surface area contributed by atoms with Crippen molar-refractivity contribution >= 4 is 39.9 Å². The smallest absolute Gasteiger partial charge is 0.373 e. The molecule has 1 saturated heterocycles. The second-order valence-corrected chi connectivity index (χ2v) is 8.79. The average Bonchev–Trinajstić information content (AvgIpc) is 3.44. The normalized spacial score (nSPS) is 14.2. The number of carbonyl (C=O) groups is 3. The number of rotatable bonds is 8. The lowest BCUT2D eigenvalue weighted by atomic mass is 10.1. The van der Waals surface area contributed by atoms with Crippen LogP contribution in [0.2, 0.25) is 0 Å². The van der Waals surface area contributed by atoms with Crippen LogP contribution >= 0.6 is 15.9 Å². The highest BCUT2D eigenvalue weighted by Gasteiger charge is 2.34. The van der Waals surface area contributed by atoms with Crippen molar-refractivity contribution in [3.8, 4) is 11.5 Å². The summed E-state index contributed by atoms with van der Waals surface area (Å²) in [6, 6.07) is 13.8. The Morgan fingerprint density at radius 2 is 1.92 bits per heavy atom. The van der Waals surface area contributed by atoms with E-state index < -0.39 is 17.9 Å². The zero-order chi connectivity index (χ0) is 25.8. The van der Waals surface area contributed by atoms with E-state index in [1.54, 1.807) is 18.2 Å². The molecule has 4 rings (SSSR count). The molecule has 0 spiro atoms. The average molecular weight is 555 g/mol. The summed E-state index contributed by atoms with van der Waals surface area (Å²) in [6.45, 7) is 2.23. The summed E-state index contributed by atoms with van der Waals surface area (Å²) in [4.78, 5) is 37.9.